The van der Waals surface area contributed by atoms with Gasteiger partial charge in [0.25, 0.3) is 0 Å². The molecule has 74 valence electrons. The van der Waals surface area contributed by atoms with Crippen LogP contribution in [0.5, 0.6) is 0 Å². The van der Waals surface area contributed by atoms with Crippen LogP contribution >= 0.6 is 0 Å². The van der Waals surface area contributed by atoms with Crippen molar-refractivity contribution in [3.63, 3.8) is 0 Å². The van der Waals surface area contributed by atoms with E-state index >= 15 is 0 Å². The fourth-order valence-electron chi connectivity index (χ4n) is 0.681. The van der Waals surface area contributed by atoms with Crippen LogP contribution in [0.3, 0.4) is 0 Å². The third-order valence-corrected chi connectivity index (χ3v) is 1.58. The number of hydrogen-bond donors (Lipinski definition) is 1. The van der Waals surface area contributed by atoms with Gasteiger partial charge in [0.2, 0.25) is 0 Å². The van der Waals surface area contributed by atoms with Gasteiger partial charge in [0.15, 0.2) is 0 Å². The minimum atomic E-state index is 0.675. The van der Waals surface area contributed by atoms with E-state index in [4.69, 9.17) is 10.5 Å². The van der Waals surface area contributed by atoms with Crippen molar-refractivity contribution in [3.05, 3.63) is 36.1 Å². The van der Waals surface area contributed by atoms with E-state index in [2.05, 4.69) is 6.58 Å². The molecular weight excluding hydrogens is 162 g/mol. The van der Waals surface area contributed by atoms with Gasteiger partial charge in [-0.25, -0.2) is 0 Å². The normalized spacial score (nSPS) is 12.8. The molecule has 2 N–H and O–H groups in total. The second-order valence-corrected chi connectivity index (χ2v) is 2.88. The molecule has 13 heavy (non-hydrogen) atoms. The molecule has 0 aromatic carbocycles. The second kappa shape index (κ2) is 7.62. The van der Waals surface area contributed by atoms with E-state index < -0.39 is 0 Å². The number of hydrogen-bond acceptors (Lipinski definition) is 2. The van der Waals surface area contributed by atoms with Crippen molar-refractivity contribution in [2.24, 2.45) is 5.73 Å². The molecule has 0 aliphatic rings. The van der Waals surface area contributed by atoms with Crippen molar-refractivity contribution in [3.8, 4) is 0 Å². The summed E-state index contributed by atoms with van der Waals surface area (Å²) in [4.78, 5) is 0. The Bertz CT molecular complexity index is 204. The lowest BCUT2D eigenvalue weighted by atomic mass is 10.2. The van der Waals surface area contributed by atoms with Crippen molar-refractivity contribution in [1.82, 2.24) is 0 Å². The predicted octanol–water partition coefficient (Wildman–Crippen LogP) is 2.39. The first-order chi connectivity index (χ1) is 6.20. The van der Waals surface area contributed by atoms with E-state index in [9.17, 15) is 0 Å². The van der Waals surface area contributed by atoms with Gasteiger partial charge in [0.05, 0.1) is 12.4 Å². The van der Waals surface area contributed by atoms with Gasteiger partial charge in [0, 0.05) is 0 Å². The molecule has 2 heteroatoms. The summed E-state index contributed by atoms with van der Waals surface area (Å²) in [6, 6.07) is 0. The maximum Gasteiger partial charge on any atom is 0.0928 e. The summed E-state index contributed by atoms with van der Waals surface area (Å²) in [5.41, 5.74) is 6.46. The zero-order valence-corrected chi connectivity index (χ0v) is 8.55. The quantitative estimate of drug-likeness (QED) is 0.388. The largest absolute Gasteiger partial charge is 0.498 e. The molecule has 0 saturated carbocycles. The fraction of sp³-hybridized carbons (Fsp3) is 0.455. The van der Waals surface area contributed by atoms with Crippen molar-refractivity contribution in [1.29, 1.82) is 0 Å². The van der Waals surface area contributed by atoms with Crippen molar-refractivity contribution in [2.45, 2.75) is 20.3 Å². The fourth-order valence-corrected chi connectivity index (χ4v) is 0.681. The molecule has 0 amide bonds. The van der Waals surface area contributed by atoms with Gasteiger partial charge < -0.3 is 10.5 Å². The average Bonchev–Trinajstić information content (AvgIpc) is 2.14. The highest BCUT2D eigenvalue weighted by atomic mass is 16.5. The van der Waals surface area contributed by atoms with Gasteiger partial charge in [-0.05, 0) is 32.9 Å². The lowest BCUT2D eigenvalue weighted by Crippen LogP contribution is -2.03. The molecular formula is C11H19NO. The minimum absolute atomic E-state index is 0.675. The summed E-state index contributed by atoms with van der Waals surface area (Å²) in [5, 5.41) is 0. The summed E-state index contributed by atoms with van der Waals surface area (Å²) in [6.45, 7) is 8.96. The molecule has 0 unspecified atom stereocenters. The Morgan fingerprint density at radius 3 is 2.62 bits per heavy atom. The first-order valence-corrected chi connectivity index (χ1v) is 4.51. The van der Waals surface area contributed by atoms with Gasteiger partial charge in [0.1, 0.15) is 0 Å². The van der Waals surface area contributed by atoms with Crippen molar-refractivity contribution < 1.29 is 4.74 Å². The Morgan fingerprint density at radius 1 is 1.38 bits per heavy atom. The highest BCUT2D eigenvalue weighted by molar-refractivity contribution is 5.20. The van der Waals surface area contributed by atoms with Crippen LogP contribution in [-0.2, 0) is 4.74 Å². The monoisotopic (exact) mass is 181 g/mol. The van der Waals surface area contributed by atoms with Gasteiger partial charge >= 0.3 is 0 Å². The van der Waals surface area contributed by atoms with Crippen molar-refractivity contribution >= 4 is 0 Å². The van der Waals surface area contributed by atoms with Crippen LogP contribution in [0.1, 0.15) is 20.3 Å². The summed E-state index contributed by atoms with van der Waals surface area (Å²) in [6.07, 6.45) is 6.62. The van der Waals surface area contributed by atoms with E-state index in [1.54, 1.807) is 0 Å². The third kappa shape index (κ3) is 7.34. The smallest absolute Gasteiger partial charge is 0.0928 e. The third-order valence-electron chi connectivity index (χ3n) is 1.58. The van der Waals surface area contributed by atoms with E-state index in [1.165, 1.54) is 0 Å². The first kappa shape index (κ1) is 12.0. The van der Waals surface area contributed by atoms with Crippen LogP contribution in [0.4, 0.5) is 0 Å². The van der Waals surface area contributed by atoms with E-state index in [0.717, 1.165) is 17.8 Å². The maximum absolute atomic E-state index is 5.38. The van der Waals surface area contributed by atoms with Crippen LogP contribution in [0.2, 0.25) is 0 Å². The molecule has 0 fully saturated rings. The Balaban J connectivity index is 3.81. The molecule has 0 rings (SSSR count). The van der Waals surface area contributed by atoms with Crippen molar-refractivity contribution in [2.75, 3.05) is 13.2 Å². The lowest BCUT2D eigenvalue weighted by Gasteiger charge is -2.03. The zero-order valence-electron chi connectivity index (χ0n) is 8.55. The highest BCUT2D eigenvalue weighted by Gasteiger charge is 1.87. The van der Waals surface area contributed by atoms with Crippen LogP contribution in [0, 0.1) is 0 Å². The molecule has 2 nitrogen and oxygen atoms in total. The Hall–Kier alpha value is -1.02. The van der Waals surface area contributed by atoms with Crippen LogP contribution in [0.15, 0.2) is 36.1 Å². The molecule has 0 spiro atoms. The summed E-state index contributed by atoms with van der Waals surface area (Å²) < 4.78 is 5.38. The molecule has 0 aromatic heterocycles. The predicted molar refractivity (Wildman–Crippen MR) is 57.3 cm³/mol. The molecule has 0 aliphatic carbocycles. The summed E-state index contributed by atoms with van der Waals surface area (Å²) in [7, 11) is 0. The first-order valence-electron chi connectivity index (χ1n) is 4.51. The molecule has 0 aromatic rings. The molecule has 0 saturated heterocycles. The zero-order chi connectivity index (χ0) is 10.1. The maximum atomic E-state index is 5.38. The minimum Gasteiger partial charge on any atom is -0.498 e. The average molecular weight is 181 g/mol. The summed E-state index contributed by atoms with van der Waals surface area (Å²) in [5.74, 6) is 0.912. The molecule has 0 aliphatic heterocycles. The molecule has 0 radical (unpaired) electrons. The SMILES string of the molecule is C=C/C(C)=C\C=C(/C)OCCCN. The number of allylic oxidation sites excluding steroid dienone is 5. The second-order valence-electron chi connectivity index (χ2n) is 2.88. The molecule has 0 atom stereocenters. The highest BCUT2D eigenvalue weighted by Crippen LogP contribution is 2.00. The van der Waals surface area contributed by atoms with E-state index in [-0.39, 0.29) is 0 Å². The Kier molecular flexibility index (Phi) is 7.02. The molecule has 0 bridgehead atoms. The number of rotatable bonds is 6. The van der Waals surface area contributed by atoms with E-state index in [0.29, 0.717) is 13.2 Å². The topological polar surface area (TPSA) is 35.2 Å². The Morgan fingerprint density at radius 2 is 2.08 bits per heavy atom. The number of nitrogens with two attached hydrogens (primary N) is 1. The van der Waals surface area contributed by atoms with Gasteiger partial charge in [-0.15, -0.1) is 0 Å². The number of ether oxygens (including phenoxy) is 1. The molecule has 0 heterocycles. The van der Waals surface area contributed by atoms with E-state index in [1.807, 2.05) is 32.1 Å². The standard InChI is InChI=1S/C11H19NO/c1-4-10(2)6-7-11(3)13-9-5-8-12/h4,6-7H,1,5,8-9,12H2,2-3H3/b10-6-,11-7+. The van der Waals surface area contributed by atoms with Gasteiger partial charge in [-0.2, -0.15) is 0 Å². The van der Waals surface area contributed by atoms with Crippen LogP contribution in [0.25, 0.3) is 0 Å². The lowest BCUT2D eigenvalue weighted by molar-refractivity contribution is 0.212. The van der Waals surface area contributed by atoms with Crippen LogP contribution in [-0.4, -0.2) is 13.2 Å². The summed E-state index contributed by atoms with van der Waals surface area (Å²) >= 11 is 0. The van der Waals surface area contributed by atoms with Gasteiger partial charge in [-0.1, -0.05) is 24.3 Å². The van der Waals surface area contributed by atoms with Gasteiger partial charge in [-0.3, -0.25) is 0 Å². The Labute approximate surface area is 80.8 Å². The van der Waals surface area contributed by atoms with Crippen LogP contribution < -0.4 is 5.73 Å².